The van der Waals surface area contributed by atoms with Crippen molar-refractivity contribution in [3.8, 4) is 0 Å². The van der Waals surface area contributed by atoms with Gasteiger partial charge in [0.15, 0.2) is 0 Å². The van der Waals surface area contributed by atoms with Gasteiger partial charge in [0.25, 0.3) is 0 Å². The molecule has 0 radical (unpaired) electrons. The Morgan fingerprint density at radius 1 is 1.04 bits per heavy atom. The first-order chi connectivity index (χ1) is 11.7. The number of hydrogen-bond donors (Lipinski definition) is 1. The molecule has 134 valence electrons. The molecule has 3 nitrogen and oxygen atoms in total. The Morgan fingerprint density at radius 3 is 2.46 bits per heavy atom. The molecule has 1 saturated carbocycles. The second-order valence-electron chi connectivity index (χ2n) is 8.78. The van der Waals surface area contributed by atoms with Crippen LogP contribution in [0.5, 0.6) is 0 Å². The lowest BCUT2D eigenvalue weighted by Gasteiger charge is -2.45. The van der Waals surface area contributed by atoms with E-state index in [1.165, 1.54) is 90.1 Å². The van der Waals surface area contributed by atoms with E-state index in [1.54, 1.807) is 18.1 Å². The number of fused-ring (bicyclic) bond motifs is 1. The summed E-state index contributed by atoms with van der Waals surface area (Å²) in [6.45, 7) is 4.25. The van der Waals surface area contributed by atoms with E-state index in [-0.39, 0.29) is 5.91 Å². The fourth-order valence-electron chi connectivity index (χ4n) is 6.21. The third-order valence-electron chi connectivity index (χ3n) is 7.39. The molecule has 1 saturated heterocycles. The smallest absolute Gasteiger partial charge is 0.217 e. The van der Waals surface area contributed by atoms with Gasteiger partial charge >= 0.3 is 0 Å². The van der Waals surface area contributed by atoms with Crippen LogP contribution in [-0.4, -0.2) is 36.0 Å². The van der Waals surface area contributed by atoms with Gasteiger partial charge in [0.2, 0.25) is 5.91 Å². The predicted octanol–water partition coefficient (Wildman–Crippen LogP) is 4.18. The van der Waals surface area contributed by atoms with E-state index in [0.717, 1.165) is 6.04 Å². The number of rotatable bonds is 2. The SMILES string of the molecule is CC(=O)N[C@H]1CC2(CCN(C3CCCCC3)CC2)C2=C1CCCC2. The molecule has 0 aromatic carbocycles. The first-order valence-corrected chi connectivity index (χ1v) is 10.4. The van der Waals surface area contributed by atoms with Crippen molar-refractivity contribution in [2.75, 3.05) is 13.1 Å². The molecular weight excluding hydrogens is 296 g/mol. The van der Waals surface area contributed by atoms with Crippen molar-refractivity contribution in [1.29, 1.82) is 0 Å². The van der Waals surface area contributed by atoms with E-state index in [1.807, 2.05) is 0 Å². The fraction of sp³-hybridized carbons (Fsp3) is 0.857. The number of carbonyl (C=O) groups excluding carboxylic acids is 1. The highest BCUT2D eigenvalue weighted by atomic mass is 16.1. The number of nitrogens with one attached hydrogen (secondary N) is 1. The summed E-state index contributed by atoms with van der Waals surface area (Å²) in [7, 11) is 0. The van der Waals surface area contributed by atoms with E-state index in [2.05, 4.69) is 10.2 Å². The Bertz CT molecular complexity index is 510. The first-order valence-electron chi connectivity index (χ1n) is 10.4. The second-order valence-corrected chi connectivity index (χ2v) is 8.78. The minimum absolute atomic E-state index is 0.147. The highest BCUT2D eigenvalue weighted by Gasteiger charge is 2.47. The van der Waals surface area contributed by atoms with Crippen LogP contribution in [0.4, 0.5) is 0 Å². The second kappa shape index (κ2) is 6.82. The molecular formula is C21H34N2O. The van der Waals surface area contributed by atoms with Crippen LogP contribution in [0.2, 0.25) is 0 Å². The van der Waals surface area contributed by atoms with Crippen LogP contribution in [0.25, 0.3) is 0 Å². The maximum atomic E-state index is 11.7. The number of allylic oxidation sites excluding steroid dienone is 1. The third-order valence-corrected chi connectivity index (χ3v) is 7.39. The standard InChI is InChI=1S/C21H34N2O/c1-16(24)22-20-15-21(19-10-6-5-9-18(19)20)11-13-23(14-12-21)17-7-3-2-4-8-17/h17,20H,2-15H2,1H3,(H,22,24)/t20-/m0/s1. The maximum absolute atomic E-state index is 11.7. The zero-order valence-electron chi connectivity index (χ0n) is 15.4. The fourth-order valence-corrected chi connectivity index (χ4v) is 6.21. The molecule has 3 aliphatic carbocycles. The van der Waals surface area contributed by atoms with E-state index >= 15 is 0 Å². The maximum Gasteiger partial charge on any atom is 0.217 e. The van der Waals surface area contributed by atoms with Crippen LogP contribution in [0.15, 0.2) is 11.1 Å². The molecule has 1 spiro atoms. The molecule has 2 fully saturated rings. The van der Waals surface area contributed by atoms with E-state index in [4.69, 9.17) is 0 Å². The van der Waals surface area contributed by atoms with Gasteiger partial charge in [-0.05, 0) is 81.9 Å². The number of likely N-dealkylation sites (tertiary alicyclic amines) is 1. The number of nitrogens with zero attached hydrogens (tertiary/aromatic N) is 1. The summed E-state index contributed by atoms with van der Waals surface area (Å²) in [5.41, 5.74) is 3.83. The monoisotopic (exact) mass is 330 g/mol. The van der Waals surface area contributed by atoms with Crippen molar-refractivity contribution in [2.24, 2.45) is 5.41 Å². The van der Waals surface area contributed by atoms with Crippen LogP contribution in [0, 0.1) is 5.41 Å². The summed E-state index contributed by atoms with van der Waals surface area (Å²) in [6.07, 6.45) is 16.2. The van der Waals surface area contributed by atoms with E-state index < -0.39 is 0 Å². The number of carbonyl (C=O) groups is 1. The Labute approximate surface area is 147 Å². The molecule has 1 atom stereocenters. The molecule has 0 bridgehead atoms. The van der Waals surface area contributed by atoms with Crippen LogP contribution < -0.4 is 5.32 Å². The topological polar surface area (TPSA) is 32.3 Å². The largest absolute Gasteiger partial charge is 0.350 e. The first kappa shape index (κ1) is 16.6. The Kier molecular flexibility index (Phi) is 4.73. The molecule has 4 aliphatic rings. The molecule has 0 aromatic heterocycles. The lowest BCUT2D eigenvalue weighted by Crippen LogP contribution is -2.46. The summed E-state index contributed by atoms with van der Waals surface area (Å²) in [6, 6.07) is 1.21. The van der Waals surface area contributed by atoms with Gasteiger partial charge in [-0.1, -0.05) is 24.8 Å². The van der Waals surface area contributed by atoms with Gasteiger partial charge in [0.1, 0.15) is 0 Å². The molecule has 1 N–H and O–H groups in total. The molecule has 3 heteroatoms. The molecule has 1 heterocycles. The quantitative estimate of drug-likeness (QED) is 0.770. The van der Waals surface area contributed by atoms with Gasteiger partial charge in [-0.15, -0.1) is 0 Å². The van der Waals surface area contributed by atoms with Crippen molar-refractivity contribution in [3.63, 3.8) is 0 Å². The van der Waals surface area contributed by atoms with Crippen molar-refractivity contribution in [2.45, 2.75) is 96.1 Å². The van der Waals surface area contributed by atoms with Gasteiger partial charge in [-0.25, -0.2) is 0 Å². The van der Waals surface area contributed by atoms with Crippen LogP contribution in [0.1, 0.15) is 84.0 Å². The zero-order chi connectivity index (χ0) is 16.6. The average Bonchev–Trinajstić information content (AvgIpc) is 2.90. The van der Waals surface area contributed by atoms with Gasteiger partial charge in [0, 0.05) is 13.0 Å². The number of hydrogen-bond acceptors (Lipinski definition) is 2. The summed E-state index contributed by atoms with van der Waals surface area (Å²) >= 11 is 0. The van der Waals surface area contributed by atoms with E-state index in [9.17, 15) is 4.79 Å². The third kappa shape index (κ3) is 3.05. The van der Waals surface area contributed by atoms with E-state index in [0.29, 0.717) is 11.5 Å². The normalized spacial score (nSPS) is 31.3. The van der Waals surface area contributed by atoms with Crippen LogP contribution in [0.3, 0.4) is 0 Å². The number of piperidine rings is 1. The van der Waals surface area contributed by atoms with Crippen molar-refractivity contribution >= 4 is 5.91 Å². The lowest BCUT2D eigenvalue weighted by atomic mass is 9.70. The van der Waals surface area contributed by atoms with Crippen molar-refractivity contribution in [3.05, 3.63) is 11.1 Å². The van der Waals surface area contributed by atoms with Crippen LogP contribution in [-0.2, 0) is 4.79 Å². The summed E-state index contributed by atoms with van der Waals surface area (Å²) < 4.78 is 0. The van der Waals surface area contributed by atoms with Crippen molar-refractivity contribution in [1.82, 2.24) is 10.2 Å². The summed E-state index contributed by atoms with van der Waals surface area (Å²) in [5.74, 6) is 0.147. The highest BCUT2D eigenvalue weighted by molar-refractivity contribution is 5.74. The van der Waals surface area contributed by atoms with Gasteiger partial charge in [-0.3, -0.25) is 4.79 Å². The lowest BCUT2D eigenvalue weighted by molar-refractivity contribution is -0.119. The molecule has 24 heavy (non-hydrogen) atoms. The molecule has 4 rings (SSSR count). The Hall–Kier alpha value is -0.830. The zero-order valence-corrected chi connectivity index (χ0v) is 15.4. The Balaban J connectivity index is 1.47. The number of amides is 1. The van der Waals surface area contributed by atoms with Gasteiger partial charge in [0.05, 0.1) is 6.04 Å². The van der Waals surface area contributed by atoms with Crippen LogP contribution >= 0.6 is 0 Å². The van der Waals surface area contributed by atoms with Gasteiger partial charge in [-0.2, -0.15) is 0 Å². The highest BCUT2D eigenvalue weighted by Crippen LogP contribution is 2.54. The Morgan fingerprint density at radius 2 is 1.75 bits per heavy atom. The molecule has 1 aliphatic heterocycles. The average molecular weight is 331 g/mol. The minimum atomic E-state index is 0.147. The van der Waals surface area contributed by atoms with Crippen molar-refractivity contribution < 1.29 is 4.79 Å². The minimum Gasteiger partial charge on any atom is -0.350 e. The molecule has 0 unspecified atom stereocenters. The summed E-state index contributed by atoms with van der Waals surface area (Å²) in [5, 5.41) is 3.28. The molecule has 0 aromatic rings. The predicted molar refractivity (Wildman–Crippen MR) is 97.8 cm³/mol. The van der Waals surface area contributed by atoms with Gasteiger partial charge < -0.3 is 10.2 Å². The molecule has 1 amide bonds. The summed E-state index contributed by atoms with van der Waals surface area (Å²) in [4.78, 5) is 14.5.